The van der Waals surface area contributed by atoms with Crippen molar-refractivity contribution in [3.63, 3.8) is 0 Å². The van der Waals surface area contributed by atoms with E-state index in [4.69, 9.17) is 14.5 Å². The number of piperidine rings is 2. The number of pyridine rings is 2. The van der Waals surface area contributed by atoms with Crippen LogP contribution in [0.5, 0.6) is 5.75 Å². The number of piperazine rings is 1. The van der Waals surface area contributed by atoms with Gasteiger partial charge in [0.15, 0.2) is 0 Å². The summed E-state index contributed by atoms with van der Waals surface area (Å²) in [6.45, 7) is 8.36. The number of benzene rings is 2. The molecule has 0 radical (unpaired) electrons. The number of nitriles is 1. The molecule has 71 heavy (non-hydrogen) atoms. The fourth-order valence-corrected chi connectivity index (χ4v) is 9.92. The molecule has 2 N–H and O–H groups in total. The molecule has 0 bridgehead atoms. The van der Waals surface area contributed by atoms with E-state index in [-0.39, 0.29) is 31.4 Å². The quantitative estimate of drug-likeness (QED) is 0.139. The number of amides is 4. The molecule has 8 heterocycles. The van der Waals surface area contributed by atoms with E-state index in [2.05, 4.69) is 46.8 Å². The summed E-state index contributed by atoms with van der Waals surface area (Å²) in [6.07, 6.45) is 8.18. The molecule has 0 spiro atoms. The van der Waals surface area contributed by atoms with Crippen LogP contribution in [0.3, 0.4) is 0 Å². The van der Waals surface area contributed by atoms with Crippen molar-refractivity contribution in [2.45, 2.75) is 63.9 Å². The van der Waals surface area contributed by atoms with Crippen molar-refractivity contribution in [3.05, 3.63) is 119 Å². The van der Waals surface area contributed by atoms with Gasteiger partial charge in [0.1, 0.15) is 41.0 Å². The highest BCUT2D eigenvalue weighted by Gasteiger charge is 2.40. The summed E-state index contributed by atoms with van der Waals surface area (Å²) < 4.78 is 44.4. The fraction of sp³-hybridized carbons (Fsp3) is 0.380. The summed E-state index contributed by atoms with van der Waals surface area (Å²) in [5.74, 6) is -1.92. The van der Waals surface area contributed by atoms with E-state index in [0.29, 0.717) is 86.0 Å². The van der Waals surface area contributed by atoms with Crippen LogP contribution in [-0.4, -0.2) is 134 Å². The zero-order chi connectivity index (χ0) is 49.2. The van der Waals surface area contributed by atoms with Crippen LogP contribution in [0.15, 0.2) is 79.4 Å². The maximum absolute atomic E-state index is 14.8. The van der Waals surface area contributed by atoms with Gasteiger partial charge >= 0.3 is 0 Å². The molecule has 366 valence electrons. The van der Waals surface area contributed by atoms with E-state index in [1.54, 1.807) is 26.5 Å². The van der Waals surface area contributed by atoms with Gasteiger partial charge in [-0.15, -0.1) is 5.10 Å². The lowest BCUT2D eigenvalue weighted by atomic mass is 9.87. The average molecular weight is 968 g/mol. The summed E-state index contributed by atoms with van der Waals surface area (Å²) in [4.78, 5) is 64.0. The summed E-state index contributed by atoms with van der Waals surface area (Å²) in [5, 5.41) is 28.1. The SMILES string of the molecule is CCOc1cc(-c2ccc(N3CCC(COCc4cn(CCN5CCN(c6ccc7c(c6)CN(C6CCC(=O)NC6=O)C7=O)CC5)nn4)(NC(=O)c4cc(F)ccc4F)CC3)nc2)c2c(C#N)cnn2c1. The highest BCUT2D eigenvalue weighted by Crippen LogP contribution is 2.34. The Morgan fingerprint density at radius 2 is 1.77 bits per heavy atom. The van der Waals surface area contributed by atoms with E-state index in [0.717, 1.165) is 73.3 Å². The van der Waals surface area contributed by atoms with Gasteiger partial charge < -0.3 is 29.5 Å². The Balaban J connectivity index is 0.735. The van der Waals surface area contributed by atoms with Crippen molar-refractivity contribution in [3.8, 4) is 22.9 Å². The van der Waals surface area contributed by atoms with Gasteiger partial charge in [-0.3, -0.25) is 34.1 Å². The van der Waals surface area contributed by atoms with Gasteiger partial charge in [0.25, 0.3) is 11.8 Å². The third kappa shape index (κ3) is 9.85. The first kappa shape index (κ1) is 46.9. The molecule has 4 amide bonds. The van der Waals surface area contributed by atoms with Crippen LogP contribution in [0.25, 0.3) is 16.6 Å². The number of anilines is 2. The predicted octanol–water partition coefficient (Wildman–Crippen LogP) is 4.11. The van der Waals surface area contributed by atoms with Crippen LogP contribution in [0.1, 0.15) is 70.1 Å². The first-order chi connectivity index (χ1) is 34.5. The minimum absolute atomic E-state index is 0.0738. The monoisotopic (exact) mass is 967 g/mol. The molecular weight excluding hydrogens is 917 g/mol. The van der Waals surface area contributed by atoms with E-state index in [9.17, 15) is 33.2 Å². The minimum Gasteiger partial charge on any atom is -0.492 e. The van der Waals surface area contributed by atoms with Gasteiger partial charge in [-0.05, 0) is 86.3 Å². The molecule has 4 aliphatic heterocycles. The molecule has 3 saturated heterocycles. The third-order valence-electron chi connectivity index (χ3n) is 13.8. The number of rotatable bonds is 15. The van der Waals surface area contributed by atoms with Crippen LogP contribution < -0.4 is 25.2 Å². The number of hydrogen-bond donors (Lipinski definition) is 2. The molecule has 4 aliphatic rings. The molecule has 4 aromatic heterocycles. The first-order valence-electron chi connectivity index (χ1n) is 23.7. The van der Waals surface area contributed by atoms with Gasteiger partial charge in [0.05, 0.1) is 67.1 Å². The number of imide groups is 1. The van der Waals surface area contributed by atoms with Crippen molar-refractivity contribution in [1.29, 1.82) is 5.26 Å². The minimum atomic E-state index is -0.932. The van der Waals surface area contributed by atoms with E-state index in [1.165, 1.54) is 6.20 Å². The molecule has 1 unspecified atom stereocenters. The Hall–Kier alpha value is -7.83. The number of aromatic nitrogens is 6. The summed E-state index contributed by atoms with van der Waals surface area (Å²) in [7, 11) is 0. The number of fused-ring (bicyclic) bond motifs is 2. The molecule has 0 aliphatic carbocycles. The number of carbonyl (C=O) groups is 4. The maximum atomic E-state index is 14.8. The molecule has 10 rings (SSSR count). The molecule has 21 heteroatoms. The molecule has 1 atom stereocenters. The van der Waals surface area contributed by atoms with E-state index < -0.39 is 40.6 Å². The van der Waals surface area contributed by atoms with E-state index >= 15 is 0 Å². The number of halogens is 2. The van der Waals surface area contributed by atoms with Gasteiger partial charge in [0.2, 0.25) is 11.8 Å². The lowest BCUT2D eigenvalue weighted by molar-refractivity contribution is -0.136. The fourth-order valence-electron chi connectivity index (χ4n) is 9.92. The van der Waals surface area contributed by atoms with Gasteiger partial charge in [-0.25, -0.2) is 18.3 Å². The van der Waals surface area contributed by atoms with Gasteiger partial charge in [0, 0.05) is 87.4 Å². The molecule has 0 saturated carbocycles. The number of ether oxygens (including phenoxy) is 2. The zero-order valence-corrected chi connectivity index (χ0v) is 39.0. The Labute approximate surface area is 406 Å². The van der Waals surface area contributed by atoms with Crippen LogP contribution in [0.4, 0.5) is 20.3 Å². The van der Waals surface area contributed by atoms with Crippen molar-refractivity contribution in [2.75, 3.05) is 68.8 Å². The lowest BCUT2D eigenvalue weighted by Crippen LogP contribution is -2.58. The van der Waals surface area contributed by atoms with Crippen LogP contribution in [-0.2, 0) is 34.0 Å². The Morgan fingerprint density at radius 3 is 2.54 bits per heavy atom. The molecular formula is C50H51F2N13O6. The number of hydrogen-bond acceptors (Lipinski definition) is 14. The third-order valence-corrected chi connectivity index (χ3v) is 13.8. The topological polar surface area (TPSA) is 208 Å². The van der Waals surface area contributed by atoms with Crippen LogP contribution in [0, 0.1) is 23.0 Å². The van der Waals surface area contributed by atoms with Gasteiger partial charge in [-0.2, -0.15) is 10.4 Å². The summed E-state index contributed by atoms with van der Waals surface area (Å²) in [6, 6.07) is 15.9. The molecule has 3 fully saturated rings. The first-order valence-corrected chi connectivity index (χ1v) is 23.7. The normalized spacial score (nSPS) is 18.1. The molecule has 2 aromatic carbocycles. The highest BCUT2D eigenvalue weighted by atomic mass is 19.1. The van der Waals surface area contributed by atoms with Crippen LogP contribution in [0.2, 0.25) is 0 Å². The lowest BCUT2D eigenvalue weighted by Gasteiger charge is -2.42. The number of nitrogens with zero attached hydrogens (tertiary/aromatic N) is 11. The maximum Gasteiger partial charge on any atom is 0.255 e. The number of nitrogens with one attached hydrogen (secondary N) is 2. The van der Waals surface area contributed by atoms with Crippen molar-refractivity contribution < 1.29 is 37.4 Å². The summed E-state index contributed by atoms with van der Waals surface area (Å²) in [5.41, 5.74) is 4.35. The highest BCUT2D eigenvalue weighted by molar-refractivity contribution is 6.05. The Bertz CT molecular complexity index is 3050. The second-order valence-electron chi connectivity index (χ2n) is 18.3. The average Bonchev–Trinajstić information content (AvgIpc) is 4.11. The second-order valence-corrected chi connectivity index (χ2v) is 18.3. The van der Waals surface area contributed by atoms with Gasteiger partial charge in [-0.1, -0.05) is 5.21 Å². The van der Waals surface area contributed by atoms with Crippen LogP contribution >= 0.6 is 0 Å². The molecule has 19 nitrogen and oxygen atoms in total. The van der Waals surface area contributed by atoms with Crippen molar-refractivity contribution in [1.82, 2.24) is 50.0 Å². The number of carbonyl (C=O) groups excluding carboxylic acids is 4. The van der Waals surface area contributed by atoms with Crippen molar-refractivity contribution >= 4 is 40.7 Å². The summed E-state index contributed by atoms with van der Waals surface area (Å²) >= 11 is 0. The van der Waals surface area contributed by atoms with E-state index in [1.807, 2.05) is 49.5 Å². The largest absolute Gasteiger partial charge is 0.492 e. The zero-order valence-electron chi connectivity index (χ0n) is 39.0. The molecule has 6 aromatic rings. The predicted molar refractivity (Wildman–Crippen MR) is 253 cm³/mol. The second kappa shape index (κ2) is 19.9. The Morgan fingerprint density at radius 1 is 0.944 bits per heavy atom. The Kier molecular flexibility index (Phi) is 13.1. The smallest absolute Gasteiger partial charge is 0.255 e. The standard InChI is InChI=1S/C50H51F2N13O6/c1-2-71-38-23-40(46-34(24-53)26-55-65(46)29-38)32-3-9-44(54-25-32)62-13-11-50(12-14-62,57-47(67)41-22-35(51)4-7-42(41)52)31-70-30-36-28-63(59-58-36)20-17-60-15-18-61(19-16-60)37-5-6-39-33(21-37)27-64(49(39)69)43-8-10-45(66)56-48(43)68/h3-7,9,21-23,25-26,28-29,43H,2,8,10-20,27,30-31H2,1H3,(H,57,67)(H,56,66,68). The van der Waals surface area contributed by atoms with Crippen molar-refractivity contribution in [2.24, 2.45) is 0 Å².